The number of nitrogens with two attached hydrogens (primary N) is 1. The Morgan fingerprint density at radius 1 is 1.08 bits per heavy atom. The van der Waals surface area contributed by atoms with Crippen LogP contribution >= 0.6 is 11.6 Å². The van der Waals surface area contributed by atoms with Gasteiger partial charge >= 0.3 is 0 Å². The number of hydrogen-bond donors (Lipinski definition) is 2. The summed E-state index contributed by atoms with van der Waals surface area (Å²) < 4.78 is 0. The second-order valence-corrected chi connectivity index (χ2v) is 6.07. The summed E-state index contributed by atoms with van der Waals surface area (Å²) in [5, 5.41) is 3.22. The standard InChI is InChI=1S/C19H20ClN3O3/c1-2-23(19(26)14-4-3-5-15(20)12-14)11-10-17(24)22-16-8-6-13(7-9-16)18(21)25/h3-9,12H,2,10-11H2,1H3,(H2,21,25)(H,22,24). The van der Waals surface area contributed by atoms with E-state index >= 15 is 0 Å². The molecule has 0 aliphatic rings. The number of anilines is 1. The number of primary amides is 1. The minimum atomic E-state index is -0.527. The van der Waals surface area contributed by atoms with Crippen molar-refractivity contribution in [3.05, 3.63) is 64.7 Å². The molecular formula is C19H20ClN3O3. The Labute approximate surface area is 156 Å². The molecule has 0 saturated heterocycles. The normalized spacial score (nSPS) is 10.2. The van der Waals surface area contributed by atoms with Crippen molar-refractivity contribution in [2.24, 2.45) is 5.73 Å². The molecule has 0 heterocycles. The highest BCUT2D eigenvalue weighted by atomic mass is 35.5. The van der Waals surface area contributed by atoms with Gasteiger partial charge < -0.3 is 16.0 Å². The van der Waals surface area contributed by atoms with E-state index in [2.05, 4.69) is 5.32 Å². The molecule has 2 aromatic carbocycles. The summed E-state index contributed by atoms with van der Waals surface area (Å²) in [7, 11) is 0. The molecule has 6 nitrogen and oxygen atoms in total. The first-order valence-corrected chi connectivity index (χ1v) is 8.53. The van der Waals surface area contributed by atoms with Crippen LogP contribution in [0.1, 0.15) is 34.1 Å². The van der Waals surface area contributed by atoms with Crippen molar-refractivity contribution < 1.29 is 14.4 Å². The number of nitrogens with one attached hydrogen (secondary N) is 1. The number of halogens is 1. The van der Waals surface area contributed by atoms with Gasteiger partial charge in [0.1, 0.15) is 0 Å². The molecule has 0 atom stereocenters. The summed E-state index contributed by atoms with van der Waals surface area (Å²) in [6, 6.07) is 13.0. The van der Waals surface area contributed by atoms with Gasteiger partial charge in [-0.15, -0.1) is 0 Å². The molecule has 0 aromatic heterocycles. The van der Waals surface area contributed by atoms with E-state index in [0.29, 0.717) is 28.4 Å². The number of rotatable bonds is 7. The molecule has 0 fully saturated rings. The maximum atomic E-state index is 12.5. The molecule has 0 unspecified atom stereocenters. The summed E-state index contributed by atoms with van der Waals surface area (Å²) in [4.78, 5) is 37.2. The molecule has 7 heteroatoms. The molecule has 0 bridgehead atoms. The fourth-order valence-corrected chi connectivity index (χ4v) is 2.58. The van der Waals surface area contributed by atoms with Crippen molar-refractivity contribution in [3.8, 4) is 0 Å². The number of nitrogens with zero attached hydrogens (tertiary/aromatic N) is 1. The zero-order chi connectivity index (χ0) is 19.1. The maximum absolute atomic E-state index is 12.5. The van der Waals surface area contributed by atoms with E-state index in [4.69, 9.17) is 17.3 Å². The molecule has 136 valence electrons. The second kappa shape index (κ2) is 9.01. The molecule has 0 radical (unpaired) electrons. The average Bonchev–Trinajstić information content (AvgIpc) is 2.62. The van der Waals surface area contributed by atoms with Crippen LogP contribution in [0.2, 0.25) is 5.02 Å². The van der Waals surface area contributed by atoms with E-state index in [1.807, 2.05) is 6.92 Å². The second-order valence-electron chi connectivity index (χ2n) is 5.63. The lowest BCUT2D eigenvalue weighted by Gasteiger charge is -2.20. The van der Waals surface area contributed by atoms with Gasteiger partial charge in [-0.3, -0.25) is 14.4 Å². The first kappa shape index (κ1) is 19.5. The van der Waals surface area contributed by atoms with E-state index in [1.165, 1.54) is 0 Å². The molecule has 26 heavy (non-hydrogen) atoms. The lowest BCUT2D eigenvalue weighted by Crippen LogP contribution is -2.33. The summed E-state index contributed by atoms with van der Waals surface area (Å²) >= 11 is 5.92. The van der Waals surface area contributed by atoms with Gasteiger partial charge in [-0.2, -0.15) is 0 Å². The van der Waals surface area contributed by atoms with E-state index < -0.39 is 5.91 Å². The van der Waals surface area contributed by atoms with Crippen LogP contribution in [0, 0.1) is 0 Å². The van der Waals surface area contributed by atoms with Crippen LogP contribution in [-0.4, -0.2) is 35.7 Å². The Balaban J connectivity index is 1.91. The van der Waals surface area contributed by atoms with Crippen LogP contribution < -0.4 is 11.1 Å². The number of carbonyl (C=O) groups is 3. The number of hydrogen-bond acceptors (Lipinski definition) is 3. The minimum Gasteiger partial charge on any atom is -0.366 e. The highest BCUT2D eigenvalue weighted by Gasteiger charge is 2.15. The predicted molar refractivity (Wildman–Crippen MR) is 101 cm³/mol. The number of carbonyl (C=O) groups excluding carboxylic acids is 3. The Kier molecular flexibility index (Phi) is 6.74. The summed E-state index contributed by atoms with van der Waals surface area (Å²) in [5.74, 6) is -0.927. The summed E-state index contributed by atoms with van der Waals surface area (Å²) in [5.41, 5.74) is 6.59. The third-order valence-corrected chi connectivity index (χ3v) is 4.04. The van der Waals surface area contributed by atoms with E-state index in [0.717, 1.165) is 0 Å². The Morgan fingerprint density at radius 3 is 2.35 bits per heavy atom. The van der Waals surface area contributed by atoms with Gasteiger partial charge in [-0.25, -0.2) is 0 Å². The largest absolute Gasteiger partial charge is 0.366 e. The predicted octanol–water partition coefficient (Wildman–Crippen LogP) is 2.93. The quantitative estimate of drug-likeness (QED) is 0.781. The molecule has 2 aromatic rings. The first-order chi connectivity index (χ1) is 12.4. The lowest BCUT2D eigenvalue weighted by atomic mass is 10.2. The van der Waals surface area contributed by atoms with Gasteiger partial charge in [-0.1, -0.05) is 17.7 Å². The van der Waals surface area contributed by atoms with Crippen LogP contribution in [0.25, 0.3) is 0 Å². The van der Waals surface area contributed by atoms with Gasteiger partial charge in [0.05, 0.1) is 0 Å². The first-order valence-electron chi connectivity index (χ1n) is 8.15. The van der Waals surface area contributed by atoms with Crippen LogP contribution in [0.3, 0.4) is 0 Å². The molecule has 0 spiro atoms. The average molecular weight is 374 g/mol. The van der Waals surface area contributed by atoms with Crippen LogP contribution in [0.4, 0.5) is 5.69 Å². The summed E-state index contributed by atoms with van der Waals surface area (Å²) in [6.07, 6.45) is 0.151. The van der Waals surface area contributed by atoms with Gasteiger partial charge in [0.2, 0.25) is 11.8 Å². The van der Waals surface area contributed by atoms with Crippen LogP contribution in [0.15, 0.2) is 48.5 Å². The minimum absolute atomic E-state index is 0.151. The third kappa shape index (κ3) is 5.32. The van der Waals surface area contributed by atoms with Crippen molar-refractivity contribution >= 4 is 35.0 Å². The highest BCUT2D eigenvalue weighted by Crippen LogP contribution is 2.14. The number of benzene rings is 2. The molecule has 0 aliphatic carbocycles. The zero-order valence-corrected chi connectivity index (χ0v) is 15.1. The van der Waals surface area contributed by atoms with Crippen molar-refractivity contribution in [1.29, 1.82) is 0 Å². The Hall–Kier alpha value is -2.86. The Bertz CT molecular complexity index is 806. The van der Waals surface area contributed by atoms with Crippen LogP contribution in [0.5, 0.6) is 0 Å². The molecule has 3 N–H and O–H groups in total. The molecule has 0 saturated carbocycles. The monoisotopic (exact) mass is 373 g/mol. The van der Waals surface area contributed by atoms with Gasteiger partial charge in [0.25, 0.3) is 5.91 Å². The molecular weight excluding hydrogens is 354 g/mol. The number of amides is 3. The Morgan fingerprint density at radius 2 is 1.77 bits per heavy atom. The maximum Gasteiger partial charge on any atom is 0.253 e. The van der Waals surface area contributed by atoms with E-state index in [9.17, 15) is 14.4 Å². The summed E-state index contributed by atoms with van der Waals surface area (Å²) in [6.45, 7) is 2.61. The highest BCUT2D eigenvalue weighted by molar-refractivity contribution is 6.30. The molecule has 3 amide bonds. The van der Waals surface area contributed by atoms with E-state index in [-0.39, 0.29) is 24.8 Å². The molecule has 2 rings (SSSR count). The fraction of sp³-hybridized carbons (Fsp3) is 0.211. The third-order valence-electron chi connectivity index (χ3n) is 3.80. The van der Waals surface area contributed by atoms with Crippen LogP contribution in [-0.2, 0) is 4.79 Å². The van der Waals surface area contributed by atoms with Crippen molar-refractivity contribution in [1.82, 2.24) is 4.90 Å². The van der Waals surface area contributed by atoms with Crippen molar-refractivity contribution in [3.63, 3.8) is 0 Å². The SMILES string of the molecule is CCN(CCC(=O)Nc1ccc(C(N)=O)cc1)C(=O)c1cccc(Cl)c1. The van der Waals surface area contributed by atoms with Crippen molar-refractivity contribution in [2.45, 2.75) is 13.3 Å². The van der Waals surface area contributed by atoms with Gasteiger partial charge in [0.15, 0.2) is 0 Å². The topological polar surface area (TPSA) is 92.5 Å². The van der Waals surface area contributed by atoms with Gasteiger partial charge in [0, 0.05) is 41.3 Å². The smallest absolute Gasteiger partial charge is 0.253 e. The molecule has 0 aliphatic heterocycles. The van der Waals surface area contributed by atoms with Gasteiger partial charge in [-0.05, 0) is 49.4 Å². The van der Waals surface area contributed by atoms with E-state index in [1.54, 1.807) is 53.4 Å². The lowest BCUT2D eigenvalue weighted by molar-refractivity contribution is -0.116. The van der Waals surface area contributed by atoms with Crippen molar-refractivity contribution in [2.75, 3.05) is 18.4 Å². The fourth-order valence-electron chi connectivity index (χ4n) is 2.39. The zero-order valence-electron chi connectivity index (χ0n) is 14.4.